The lowest BCUT2D eigenvalue weighted by Crippen LogP contribution is -2.50. The van der Waals surface area contributed by atoms with Crippen molar-refractivity contribution in [3.8, 4) is 0 Å². The Kier molecular flexibility index (Phi) is 4.74. The highest BCUT2D eigenvalue weighted by molar-refractivity contribution is 5.25. The molecule has 4 rings (SSSR count). The molecule has 0 aromatic carbocycles. The summed E-state index contributed by atoms with van der Waals surface area (Å²) in [4.78, 5) is 0. The molecule has 0 bridgehead atoms. The van der Waals surface area contributed by atoms with Gasteiger partial charge in [-0.15, -0.1) is 0 Å². The van der Waals surface area contributed by atoms with Crippen LogP contribution in [0.15, 0.2) is 11.6 Å². The summed E-state index contributed by atoms with van der Waals surface area (Å²) in [5.74, 6) is 1.56. The number of rotatable bonds is 2. The second-order valence-electron chi connectivity index (χ2n) is 10.3. The van der Waals surface area contributed by atoms with E-state index in [1.807, 2.05) is 0 Å². The lowest BCUT2D eigenvalue weighted by atomic mass is 9.47. The van der Waals surface area contributed by atoms with E-state index >= 15 is 0 Å². The van der Waals surface area contributed by atoms with Gasteiger partial charge in [-0.3, -0.25) is 0 Å². The molecular weight excluding hydrogens is 353 g/mol. The second kappa shape index (κ2) is 6.48. The molecule has 8 atom stereocenters. The zero-order valence-electron chi connectivity index (χ0n) is 16.4. The SMILES string of the molecule is CC12CCC(O)CC1=CC[C@@H]1C2CC[C@]2(C)C(C[C@@H](O)C(F)(F)F)CCC12. The van der Waals surface area contributed by atoms with Crippen LogP contribution in [-0.2, 0) is 0 Å². The molecule has 27 heavy (non-hydrogen) atoms. The topological polar surface area (TPSA) is 40.5 Å². The van der Waals surface area contributed by atoms with Crippen molar-refractivity contribution in [3.63, 3.8) is 0 Å². The number of alkyl halides is 3. The van der Waals surface area contributed by atoms with Crippen molar-refractivity contribution < 1.29 is 23.4 Å². The first-order valence-electron chi connectivity index (χ1n) is 10.7. The maximum atomic E-state index is 12.9. The van der Waals surface area contributed by atoms with Gasteiger partial charge >= 0.3 is 6.18 Å². The van der Waals surface area contributed by atoms with Gasteiger partial charge in [-0.25, -0.2) is 0 Å². The smallest absolute Gasteiger partial charge is 0.393 e. The van der Waals surface area contributed by atoms with E-state index in [1.54, 1.807) is 0 Å². The third kappa shape index (κ3) is 3.08. The molecule has 0 amide bonds. The fourth-order valence-electron chi connectivity index (χ4n) is 7.54. The predicted octanol–water partition coefficient (Wildman–Crippen LogP) is 5.24. The molecule has 5 unspecified atom stereocenters. The summed E-state index contributed by atoms with van der Waals surface area (Å²) in [5.41, 5.74) is 1.50. The number of aliphatic hydroxyl groups is 2. The summed E-state index contributed by atoms with van der Waals surface area (Å²) in [6.07, 6.45) is 2.84. The van der Waals surface area contributed by atoms with Crippen LogP contribution in [0, 0.1) is 34.5 Å². The van der Waals surface area contributed by atoms with E-state index in [0.717, 1.165) is 51.4 Å². The molecule has 4 aliphatic rings. The van der Waals surface area contributed by atoms with Crippen molar-refractivity contribution in [3.05, 3.63) is 11.6 Å². The lowest BCUT2D eigenvalue weighted by molar-refractivity contribution is -0.211. The van der Waals surface area contributed by atoms with Crippen molar-refractivity contribution in [2.75, 3.05) is 0 Å². The molecule has 154 valence electrons. The van der Waals surface area contributed by atoms with Crippen molar-refractivity contribution >= 4 is 0 Å². The van der Waals surface area contributed by atoms with E-state index in [2.05, 4.69) is 19.9 Å². The second-order valence-corrected chi connectivity index (χ2v) is 10.3. The van der Waals surface area contributed by atoms with Crippen molar-refractivity contribution in [1.82, 2.24) is 0 Å². The van der Waals surface area contributed by atoms with Crippen LogP contribution < -0.4 is 0 Å². The molecule has 3 saturated carbocycles. The Bertz CT molecular complexity index is 615. The number of hydrogen-bond acceptors (Lipinski definition) is 2. The fourth-order valence-corrected chi connectivity index (χ4v) is 7.54. The minimum Gasteiger partial charge on any atom is -0.393 e. The van der Waals surface area contributed by atoms with Crippen LogP contribution in [0.5, 0.6) is 0 Å². The zero-order chi connectivity index (χ0) is 19.6. The number of aliphatic hydroxyl groups excluding tert-OH is 2. The van der Waals surface area contributed by atoms with Crippen LogP contribution in [0.3, 0.4) is 0 Å². The average molecular weight is 386 g/mol. The van der Waals surface area contributed by atoms with Crippen molar-refractivity contribution in [2.24, 2.45) is 34.5 Å². The zero-order valence-corrected chi connectivity index (χ0v) is 16.4. The Balaban J connectivity index is 1.55. The summed E-state index contributed by atoms with van der Waals surface area (Å²) >= 11 is 0. The van der Waals surface area contributed by atoms with E-state index in [9.17, 15) is 23.4 Å². The minimum absolute atomic E-state index is 0.0357. The van der Waals surface area contributed by atoms with E-state index in [0.29, 0.717) is 17.8 Å². The Hall–Kier alpha value is -0.550. The van der Waals surface area contributed by atoms with Crippen LogP contribution in [-0.4, -0.2) is 28.6 Å². The van der Waals surface area contributed by atoms with Gasteiger partial charge in [0, 0.05) is 0 Å². The molecule has 2 N–H and O–H groups in total. The molecule has 0 radical (unpaired) electrons. The molecule has 0 aromatic rings. The molecule has 0 saturated heterocycles. The van der Waals surface area contributed by atoms with Gasteiger partial charge in [0.1, 0.15) is 6.10 Å². The van der Waals surface area contributed by atoms with Gasteiger partial charge < -0.3 is 10.2 Å². The minimum atomic E-state index is -4.51. The quantitative estimate of drug-likeness (QED) is 0.637. The first-order chi connectivity index (χ1) is 12.6. The molecule has 2 nitrogen and oxygen atoms in total. The van der Waals surface area contributed by atoms with E-state index < -0.39 is 12.3 Å². The predicted molar refractivity (Wildman–Crippen MR) is 97.9 cm³/mol. The molecule has 0 heterocycles. The fraction of sp³-hybridized carbons (Fsp3) is 0.909. The number of fused-ring (bicyclic) bond motifs is 5. The third-order valence-corrected chi connectivity index (χ3v) is 9.16. The van der Waals surface area contributed by atoms with Crippen LogP contribution in [0.1, 0.15) is 71.6 Å². The van der Waals surface area contributed by atoms with Crippen LogP contribution in [0.25, 0.3) is 0 Å². The van der Waals surface area contributed by atoms with Gasteiger partial charge in [-0.1, -0.05) is 25.5 Å². The standard InChI is InChI=1S/C22H33F3O2/c1-20-9-7-15(26)11-13(20)3-5-16-17-6-4-14(12-19(27)22(23,24)25)21(17,2)10-8-18(16)20/h3,14-19,26-27H,4-12H2,1-2H3/t14?,15?,16-,17?,18?,19+,20?,21+/m0/s1. The first kappa shape index (κ1) is 19.8. The summed E-state index contributed by atoms with van der Waals surface area (Å²) in [5, 5.41) is 19.7. The van der Waals surface area contributed by atoms with Gasteiger partial charge in [0.05, 0.1) is 6.10 Å². The van der Waals surface area contributed by atoms with Crippen molar-refractivity contribution in [2.45, 2.75) is 90.0 Å². The maximum absolute atomic E-state index is 12.9. The largest absolute Gasteiger partial charge is 0.414 e. The summed E-state index contributed by atoms with van der Waals surface area (Å²) < 4.78 is 38.7. The van der Waals surface area contributed by atoms with Gasteiger partial charge in [0.15, 0.2) is 0 Å². The van der Waals surface area contributed by atoms with Gasteiger partial charge in [0.2, 0.25) is 0 Å². The monoisotopic (exact) mass is 386 g/mol. The van der Waals surface area contributed by atoms with Gasteiger partial charge in [-0.05, 0) is 92.3 Å². The Morgan fingerprint density at radius 1 is 1.11 bits per heavy atom. The normalized spacial score (nSPS) is 48.3. The highest BCUT2D eigenvalue weighted by Gasteiger charge is 2.59. The van der Waals surface area contributed by atoms with Crippen LogP contribution in [0.4, 0.5) is 13.2 Å². The molecule has 4 aliphatic carbocycles. The summed E-state index contributed by atoms with van der Waals surface area (Å²) in [6, 6.07) is 0. The van der Waals surface area contributed by atoms with E-state index in [-0.39, 0.29) is 29.3 Å². The highest BCUT2D eigenvalue weighted by Crippen LogP contribution is 2.66. The Morgan fingerprint density at radius 2 is 1.85 bits per heavy atom. The number of halogens is 3. The highest BCUT2D eigenvalue weighted by atomic mass is 19.4. The first-order valence-corrected chi connectivity index (χ1v) is 10.7. The maximum Gasteiger partial charge on any atom is 0.414 e. The molecule has 0 aromatic heterocycles. The van der Waals surface area contributed by atoms with Gasteiger partial charge in [0.25, 0.3) is 0 Å². The molecule has 0 spiro atoms. The van der Waals surface area contributed by atoms with Crippen LogP contribution >= 0.6 is 0 Å². The Labute approximate surface area is 160 Å². The molecule has 5 heteroatoms. The number of hydrogen-bond donors (Lipinski definition) is 2. The van der Waals surface area contributed by atoms with Crippen LogP contribution in [0.2, 0.25) is 0 Å². The van der Waals surface area contributed by atoms with Crippen molar-refractivity contribution in [1.29, 1.82) is 0 Å². The lowest BCUT2D eigenvalue weighted by Gasteiger charge is -2.58. The summed E-state index contributed by atoms with van der Waals surface area (Å²) in [7, 11) is 0. The van der Waals surface area contributed by atoms with E-state index in [1.165, 1.54) is 5.57 Å². The third-order valence-electron chi connectivity index (χ3n) is 9.16. The number of allylic oxidation sites excluding steroid dienone is 1. The van der Waals surface area contributed by atoms with Gasteiger partial charge in [-0.2, -0.15) is 13.2 Å². The average Bonchev–Trinajstić information content (AvgIpc) is 2.91. The molecule has 0 aliphatic heterocycles. The molecule has 3 fully saturated rings. The van der Waals surface area contributed by atoms with E-state index in [4.69, 9.17) is 0 Å². The summed E-state index contributed by atoms with van der Waals surface area (Å²) in [6.45, 7) is 4.56. The Morgan fingerprint density at radius 3 is 2.56 bits per heavy atom. The molecular formula is C22H33F3O2.